The highest BCUT2D eigenvalue weighted by Gasteiger charge is 2.09. The van der Waals surface area contributed by atoms with Gasteiger partial charge in [-0.2, -0.15) is 0 Å². The monoisotopic (exact) mass is 322 g/mol. The topological polar surface area (TPSA) is 64.4 Å². The van der Waals surface area contributed by atoms with Crippen LogP contribution in [-0.2, 0) is 13.0 Å². The summed E-state index contributed by atoms with van der Waals surface area (Å²) in [5.41, 5.74) is 2.58. The molecule has 5 nitrogen and oxygen atoms in total. The van der Waals surface area contributed by atoms with Crippen LogP contribution in [0.1, 0.15) is 27.4 Å². The number of carbonyl (C=O) groups is 1. The number of benzene rings is 2. The Kier molecular flexibility index (Phi) is 4.91. The first-order valence-corrected chi connectivity index (χ1v) is 7.65. The van der Waals surface area contributed by atoms with Crippen molar-refractivity contribution in [3.63, 3.8) is 0 Å². The minimum Gasteiger partial charge on any atom is -0.497 e. The fourth-order valence-corrected chi connectivity index (χ4v) is 2.34. The van der Waals surface area contributed by atoms with Gasteiger partial charge in [-0.1, -0.05) is 35.5 Å². The molecule has 2 aromatic carbocycles. The first-order valence-electron chi connectivity index (χ1n) is 7.65. The van der Waals surface area contributed by atoms with Gasteiger partial charge in [0.1, 0.15) is 5.75 Å². The minimum atomic E-state index is -0.168. The molecule has 122 valence electrons. The molecule has 0 fully saturated rings. The summed E-state index contributed by atoms with van der Waals surface area (Å²) in [5, 5.41) is 6.86. The third kappa shape index (κ3) is 4.01. The third-order valence-electron chi connectivity index (χ3n) is 3.61. The Morgan fingerprint density at radius 3 is 2.58 bits per heavy atom. The van der Waals surface area contributed by atoms with E-state index >= 15 is 0 Å². The molecule has 1 aromatic heterocycles. The molecule has 1 amide bonds. The van der Waals surface area contributed by atoms with Crippen molar-refractivity contribution in [2.75, 3.05) is 7.11 Å². The summed E-state index contributed by atoms with van der Waals surface area (Å²) in [5.74, 6) is 1.17. The van der Waals surface area contributed by atoms with E-state index in [9.17, 15) is 4.79 Å². The van der Waals surface area contributed by atoms with Gasteiger partial charge in [-0.25, -0.2) is 0 Å². The number of rotatable bonds is 6. The number of ether oxygens (including phenoxy) is 1. The summed E-state index contributed by atoms with van der Waals surface area (Å²) < 4.78 is 10.3. The molecule has 0 unspecified atom stereocenters. The van der Waals surface area contributed by atoms with Gasteiger partial charge in [0.15, 0.2) is 5.76 Å². The zero-order chi connectivity index (χ0) is 16.8. The van der Waals surface area contributed by atoms with Gasteiger partial charge in [-0.3, -0.25) is 4.79 Å². The van der Waals surface area contributed by atoms with Crippen LogP contribution in [0.5, 0.6) is 5.75 Å². The van der Waals surface area contributed by atoms with E-state index in [2.05, 4.69) is 10.5 Å². The van der Waals surface area contributed by atoms with Gasteiger partial charge in [0.05, 0.1) is 19.3 Å². The Morgan fingerprint density at radius 1 is 1.12 bits per heavy atom. The lowest BCUT2D eigenvalue weighted by Crippen LogP contribution is -2.22. The average Bonchev–Trinajstić information content (AvgIpc) is 3.08. The van der Waals surface area contributed by atoms with Crippen molar-refractivity contribution in [3.8, 4) is 5.75 Å². The van der Waals surface area contributed by atoms with Gasteiger partial charge < -0.3 is 14.6 Å². The van der Waals surface area contributed by atoms with Crippen molar-refractivity contribution < 1.29 is 14.1 Å². The minimum absolute atomic E-state index is 0.168. The first kappa shape index (κ1) is 15.8. The molecule has 0 saturated carbocycles. The Labute approximate surface area is 140 Å². The summed E-state index contributed by atoms with van der Waals surface area (Å²) >= 11 is 0. The third-order valence-corrected chi connectivity index (χ3v) is 3.61. The largest absolute Gasteiger partial charge is 0.497 e. The highest BCUT2D eigenvalue weighted by molar-refractivity contribution is 5.94. The standard InChI is InChI=1S/C19H18N2O3/c1-23-17-9-7-15(8-10-17)19(22)20-13-18-12-16(21-24-18)11-14-5-3-2-4-6-14/h2-10,12H,11,13H2,1H3,(H,20,22). The number of nitrogens with one attached hydrogen (secondary N) is 1. The first-order chi connectivity index (χ1) is 11.7. The molecule has 0 saturated heterocycles. The van der Waals surface area contributed by atoms with E-state index < -0.39 is 0 Å². The normalized spacial score (nSPS) is 10.4. The summed E-state index contributed by atoms with van der Waals surface area (Å²) in [4.78, 5) is 12.1. The van der Waals surface area contributed by atoms with Crippen LogP contribution in [0.15, 0.2) is 65.2 Å². The lowest BCUT2D eigenvalue weighted by molar-refractivity contribution is 0.0947. The molecule has 3 aromatic rings. The Morgan fingerprint density at radius 2 is 1.88 bits per heavy atom. The molecule has 3 rings (SSSR count). The van der Waals surface area contributed by atoms with E-state index in [0.717, 1.165) is 5.69 Å². The van der Waals surface area contributed by atoms with Crippen LogP contribution in [-0.4, -0.2) is 18.2 Å². The number of methoxy groups -OCH3 is 1. The van der Waals surface area contributed by atoms with E-state index in [1.165, 1.54) is 5.56 Å². The molecule has 0 spiro atoms. The second-order valence-corrected chi connectivity index (χ2v) is 5.36. The average molecular weight is 322 g/mol. The molecule has 0 radical (unpaired) electrons. The molecule has 0 aliphatic heterocycles. The lowest BCUT2D eigenvalue weighted by Gasteiger charge is -2.04. The molecule has 1 heterocycles. The van der Waals surface area contributed by atoms with Gasteiger partial charge in [0, 0.05) is 18.1 Å². The highest BCUT2D eigenvalue weighted by Crippen LogP contribution is 2.12. The fraction of sp³-hybridized carbons (Fsp3) is 0.158. The molecule has 1 N–H and O–H groups in total. The predicted octanol–water partition coefficient (Wildman–Crippen LogP) is 3.20. The quantitative estimate of drug-likeness (QED) is 0.757. The Bertz CT molecular complexity index is 795. The molecule has 0 aliphatic carbocycles. The van der Waals surface area contributed by atoms with Gasteiger partial charge >= 0.3 is 0 Å². The Hall–Kier alpha value is -3.08. The molecule has 5 heteroatoms. The zero-order valence-corrected chi connectivity index (χ0v) is 13.4. The molecule has 24 heavy (non-hydrogen) atoms. The number of amides is 1. The maximum absolute atomic E-state index is 12.1. The van der Waals surface area contributed by atoms with E-state index in [1.807, 2.05) is 36.4 Å². The number of aromatic nitrogens is 1. The van der Waals surface area contributed by atoms with Crippen LogP contribution >= 0.6 is 0 Å². The SMILES string of the molecule is COc1ccc(C(=O)NCc2cc(Cc3ccccc3)no2)cc1. The zero-order valence-electron chi connectivity index (χ0n) is 13.4. The molecule has 0 bridgehead atoms. The number of nitrogens with zero attached hydrogens (tertiary/aromatic N) is 1. The van der Waals surface area contributed by atoms with Crippen LogP contribution < -0.4 is 10.1 Å². The predicted molar refractivity (Wildman–Crippen MR) is 89.9 cm³/mol. The van der Waals surface area contributed by atoms with Crippen LogP contribution in [0.2, 0.25) is 0 Å². The van der Waals surface area contributed by atoms with Crippen LogP contribution in [0.4, 0.5) is 0 Å². The second kappa shape index (κ2) is 7.46. The van der Waals surface area contributed by atoms with Crippen molar-refractivity contribution in [2.24, 2.45) is 0 Å². The van der Waals surface area contributed by atoms with Crippen molar-refractivity contribution in [1.29, 1.82) is 0 Å². The number of hydrogen-bond donors (Lipinski definition) is 1. The van der Waals surface area contributed by atoms with E-state index in [1.54, 1.807) is 31.4 Å². The fourth-order valence-electron chi connectivity index (χ4n) is 2.34. The van der Waals surface area contributed by atoms with Crippen LogP contribution in [0, 0.1) is 0 Å². The van der Waals surface area contributed by atoms with Crippen LogP contribution in [0.3, 0.4) is 0 Å². The van der Waals surface area contributed by atoms with E-state index in [4.69, 9.17) is 9.26 Å². The summed E-state index contributed by atoms with van der Waals surface area (Å²) in [6.07, 6.45) is 0.705. The van der Waals surface area contributed by atoms with Crippen molar-refractivity contribution >= 4 is 5.91 Å². The summed E-state index contributed by atoms with van der Waals surface area (Å²) in [6.45, 7) is 0.298. The van der Waals surface area contributed by atoms with Crippen molar-refractivity contribution in [3.05, 3.63) is 83.2 Å². The molecular formula is C19H18N2O3. The summed E-state index contributed by atoms with van der Waals surface area (Å²) in [7, 11) is 1.59. The van der Waals surface area contributed by atoms with Gasteiger partial charge in [-0.15, -0.1) is 0 Å². The molecule has 0 aliphatic rings. The van der Waals surface area contributed by atoms with Gasteiger partial charge in [-0.05, 0) is 29.8 Å². The maximum Gasteiger partial charge on any atom is 0.251 e. The summed E-state index contributed by atoms with van der Waals surface area (Å²) in [6, 6.07) is 18.8. The Balaban J connectivity index is 1.55. The molecular weight excluding hydrogens is 304 g/mol. The molecule has 0 atom stereocenters. The second-order valence-electron chi connectivity index (χ2n) is 5.36. The smallest absolute Gasteiger partial charge is 0.251 e. The van der Waals surface area contributed by atoms with Crippen LogP contribution in [0.25, 0.3) is 0 Å². The van der Waals surface area contributed by atoms with E-state index in [-0.39, 0.29) is 5.91 Å². The number of carbonyl (C=O) groups excluding carboxylic acids is 1. The van der Waals surface area contributed by atoms with Gasteiger partial charge in [0.2, 0.25) is 0 Å². The van der Waals surface area contributed by atoms with Crippen molar-refractivity contribution in [2.45, 2.75) is 13.0 Å². The maximum atomic E-state index is 12.1. The highest BCUT2D eigenvalue weighted by atomic mass is 16.5. The van der Waals surface area contributed by atoms with Crippen molar-refractivity contribution in [1.82, 2.24) is 10.5 Å². The van der Waals surface area contributed by atoms with Gasteiger partial charge in [0.25, 0.3) is 5.91 Å². The van der Waals surface area contributed by atoms with E-state index in [0.29, 0.717) is 30.0 Å². The number of hydrogen-bond acceptors (Lipinski definition) is 4. The lowest BCUT2D eigenvalue weighted by atomic mass is 10.1.